The maximum absolute atomic E-state index is 12.1. The molecule has 4 N–H and O–H groups in total. The molecule has 1 aromatic carbocycles. The SMILES string of the molecule is CCNC(=S)N=Cc1cccc2c(O)n(C3CCC(=O)NC3=O)c(O)c12. The summed E-state index contributed by atoms with van der Waals surface area (Å²) >= 11 is 5.06. The van der Waals surface area contributed by atoms with E-state index in [-0.39, 0.29) is 30.5 Å². The van der Waals surface area contributed by atoms with Gasteiger partial charge in [0.15, 0.2) is 5.11 Å². The van der Waals surface area contributed by atoms with Crippen LogP contribution in [0.2, 0.25) is 0 Å². The molecule has 1 aliphatic rings. The Morgan fingerprint density at radius 2 is 2.19 bits per heavy atom. The minimum atomic E-state index is -0.868. The number of hydrogen-bond donors (Lipinski definition) is 4. The molecule has 1 aromatic heterocycles. The number of nitrogens with one attached hydrogen (secondary N) is 2. The summed E-state index contributed by atoms with van der Waals surface area (Å²) in [7, 11) is 0. The number of hydrogen-bond acceptors (Lipinski definition) is 5. The van der Waals surface area contributed by atoms with E-state index in [1.54, 1.807) is 18.2 Å². The first-order chi connectivity index (χ1) is 12.4. The smallest absolute Gasteiger partial charge is 0.249 e. The first-order valence-corrected chi connectivity index (χ1v) is 8.55. The Morgan fingerprint density at radius 1 is 1.42 bits per heavy atom. The second kappa shape index (κ2) is 7.12. The fraction of sp³-hybridized carbons (Fsp3) is 0.294. The lowest BCUT2D eigenvalue weighted by Gasteiger charge is -2.23. The number of aromatic nitrogens is 1. The molecule has 2 aromatic rings. The van der Waals surface area contributed by atoms with Crippen molar-refractivity contribution in [1.82, 2.24) is 15.2 Å². The minimum absolute atomic E-state index is 0.134. The standard InChI is InChI=1S/C17H18N4O4S/c1-2-18-17(26)19-8-9-4-3-5-10-13(9)16(25)21(15(10)24)11-6-7-12(22)20-14(11)23/h3-5,8,11,24-25H,2,6-7H2,1H3,(H,18,26)(H,20,22,23). The lowest BCUT2D eigenvalue weighted by molar-refractivity contribution is -0.135. The Hall–Kier alpha value is -2.94. The number of nitrogens with zero attached hydrogens (tertiary/aromatic N) is 2. The van der Waals surface area contributed by atoms with Crippen molar-refractivity contribution in [2.75, 3.05) is 6.54 Å². The van der Waals surface area contributed by atoms with Crippen LogP contribution in [-0.2, 0) is 9.59 Å². The molecule has 26 heavy (non-hydrogen) atoms. The minimum Gasteiger partial charge on any atom is -0.494 e. The summed E-state index contributed by atoms with van der Waals surface area (Å²) in [6, 6.07) is 4.18. The summed E-state index contributed by atoms with van der Waals surface area (Å²) in [4.78, 5) is 27.6. The van der Waals surface area contributed by atoms with E-state index in [1.165, 1.54) is 6.21 Å². The number of aliphatic imine (C=N–C) groups is 1. The second-order valence-corrected chi connectivity index (χ2v) is 6.23. The molecular formula is C17H18N4O4S. The van der Waals surface area contributed by atoms with Crippen LogP contribution in [-0.4, -0.2) is 44.5 Å². The third-order valence-corrected chi connectivity index (χ3v) is 4.44. The van der Waals surface area contributed by atoms with Gasteiger partial charge in [-0.25, -0.2) is 4.99 Å². The average molecular weight is 374 g/mol. The predicted molar refractivity (Wildman–Crippen MR) is 101 cm³/mol. The van der Waals surface area contributed by atoms with Gasteiger partial charge in [-0.15, -0.1) is 0 Å². The number of rotatable bonds is 3. The topological polar surface area (TPSA) is 116 Å². The van der Waals surface area contributed by atoms with Gasteiger partial charge in [-0.3, -0.25) is 19.5 Å². The summed E-state index contributed by atoms with van der Waals surface area (Å²) in [6.45, 7) is 2.53. The van der Waals surface area contributed by atoms with E-state index in [1.807, 2.05) is 6.92 Å². The van der Waals surface area contributed by atoms with E-state index in [4.69, 9.17) is 12.2 Å². The van der Waals surface area contributed by atoms with Crippen LogP contribution in [0.25, 0.3) is 10.8 Å². The Balaban J connectivity index is 2.08. The van der Waals surface area contributed by atoms with Crippen LogP contribution in [0.15, 0.2) is 23.2 Å². The molecule has 0 bridgehead atoms. The zero-order valence-corrected chi connectivity index (χ0v) is 14.8. The molecule has 0 saturated carbocycles. The predicted octanol–water partition coefficient (Wildman–Crippen LogP) is 1.34. The Morgan fingerprint density at radius 3 is 2.88 bits per heavy atom. The van der Waals surface area contributed by atoms with Gasteiger partial charge in [-0.1, -0.05) is 12.1 Å². The number of amides is 2. The van der Waals surface area contributed by atoms with E-state index in [2.05, 4.69) is 15.6 Å². The van der Waals surface area contributed by atoms with Gasteiger partial charge in [-0.05, 0) is 31.6 Å². The second-order valence-electron chi connectivity index (χ2n) is 5.85. The third kappa shape index (κ3) is 3.13. The molecule has 9 heteroatoms. The molecular weight excluding hydrogens is 356 g/mol. The molecule has 1 saturated heterocycles. The molecule has 3 rings (SSSR count). The molecule has 1 unspecified atom stereocenters. The maximum atomic E-state index is 12.1. The van der Waals surface area contributed by atoms with E-state index in [0.717, 1.165) is 4.57 Å². The highest BCUT2D eigenvalue weighted by Crippen LogP contribution is 2.41. The van der Waals surface area contributed by atoms with Crippen molar-refractivity contribution in [3.63, 3.8) is 0 Å². The number of carbonyl (C=O) groups excluding carboxylic acids is 2. The molecule has 0 radical (unpaired) electrons. The van der Waals surface area contributed by atoms with E-state index in [0.29, 0.717) is 28.0 Å². The molecule has 1 atom stereocenters. The van der Waals surface area contributed by atoms with Crippen molar-refractivity contribution >= 4 is 46.1 Å². The van der Waals surface area contributed by atoms with Crippen molar-refractivity contribution in [2.45, 2.75) is 25.8 Å². The lowest BCUT2D eigenvalue weighted by atomic mass is 10.1. The van der Waals surface area contributed by atoms with Crippen LogP contribution in [0.5, 0.6) is 11.8 Å². The van der Waals surface area contributed by atoms with E-state index < -0.39 is 11.9 Å². The fourth-order valence-electron chi connectivity index (χ4n) is 3.01. The van der Waals surface area contributed by atoms with Crippen LogP contribution < -0.4 is 10.6 Å². The highest BCUT2D eigenvalue weighted by molar-refractivity contribution is 7.80. The number of fused-ring (bicyclic) bond motifs is 1. The Bertz CT molecular complexity index is 934. The van der Waals surface area contributed by atoms with Gasteiger partial charge in [0, 0.05) is 30.1 Å². The van der Waals surface area contributed by atoms with Crippen molar-refractivity contribution in [3.05, 3.63) is 23.8 Å². The van der Waals surface area contributed by atoms with Gasteiger partial charge in [-0.2, -0.15) is 0 Å². The van der Waals surface area contributed by atoms with Crippen molar-refractivity contribution in [1.29, 1.82) is 0 Å². The zero-order chi connectivity index (χ0) is 18.8. The van der Waals surface area contributed by atoms with E-state index in [9.17, 15) is 19.8 Å². The van der Waals surface area contributed by atoms with Gasteiger partial charge >= 0.3 is 0 Å². The number of piperidine rings is 1. The first kappa shape index (κ1) is 17.9. The summed E-state index contributed by atoms with van der Waals surface area (Å²) < 4.78 is 1.15. The van der Waals surface area contributed by atoms with Gasteiger partial charge < -0.3 is 15.5 Å². The fourth-order valence-corrected chi connectivity index (χ4v) is 3.21. The summed E-state index contributed by atoms with van der Waals surface area (Å²) in [5.74, 6) is -1.43. The van der Waals surface area contributed by atoms with Crippen LogP contribution in [0.4, 0.5) is 0 Å². The molecule has 0 aliphatic carbocycles. The van der Waals surface area contributed by atoms with Gasteiger partial charge in [0.1, 0.15) is 6.04 Å². The van der Waals surface area contributed by atoms with Crippen LogP contribution in [0, 0.1) is 0 Å². The highest BCUT2D eigenvalue weighted by atomic mass is 32.1. The van der Waals surface area contributed by atoms with Crippen molar-refractivity contribution in [3.8, 4) is 11.8 Å². The number of aromatic hydroxyl groups is 2. The molecule has 2 heterocycles. The van der Waals surface area contributed by atoms with Crippen molar-refractivity contribution in [2.24, 2.45) is 4.99 Å². The zero-order valence-electron chi connectivity index (χ0n) is 14.0. The molecule has 2 amide bonds. The number of carbonyl (C=O) groups is 2. The monoisotopic (exact) mass is 374 g/mol. The van der Waals surface area contributed by atoms with E-state index >= 15 is 0 Å². The highest BCUT2D eigenvalue weighted by Gasteiger charge is 2.33. The molecule has 1 aliphatic heterocycles. The molecule has 1 fully saturated rings. The normalized spacial score (nSPS) is 17.7. The maximum Gasteiger partial charge on any atom is 0.249 e. The number of imide groups is 1. The molecule has 0 spiro atoms. The van der Waals surface area contributed by atoms with Gasteiger partial charge in [0.25, 0.3) is 0 Å². The largest absolute Gasteiger partial charge is 0.494 e. The molecule has 8 nitrogen and oxygen atoms in total. The van der Waals surface area contributed by atoms with Crippen LogP contribution >= 0.6 is 12.2 Å². The third-order valence-electron chi connectivity index (χ3n) is 4.19. The quantitative estimate of drug-likeness (QED) is 0.366. The summed E-state index contributed by atoms with van der Waals surface area (Å²) in [6.07, 6.45) is 1.82. The summed E-state index contributed by atoms with van der Waals surface area (Å²) in [5, 5.41) is 27.4. The van der Waals surface area contributed by atoms with Crippen LogP contribution in [0.3, 0.4) is 0 Å². The van der Waals surface area contributed by atoms with Gasteiger partial charge in [0.2, 0.25) is 23.6 Å². The van der Waals surface area contributed by atoms with Crippen molar-refractivity contribution < 1.29 is 19.8 Å². The van der Waals surface area contributed by atoms with Gasteiger partial charge in [0.05, 0.1) is 5.39 Å². The lowest BCUT2D eigenvalue weighted by Crippen LogP contribution is -2.41. The number of thiocarbonyl (C=S) groups is 1. The Kier molecular flexibility index (Phi) is 4.90. The average Bonchev–Trinajstić information content (AvgIpc) is 2.85. The molecule has 136 valence electrons. The first-order valence-electron chi connectivity index (χ1n) is 8.14. The van der Waals surface area contributed by atoms with Crippen LogP contribution in [0.1, 0.15) is 31.4 Å². The summed E-state index contributed by atoms with van der Waals surface area (Å²) in [5.41, 5.74) is 0.543. The number of benzene rings is 1. The Labute approximate surface area is 154 Å².